The highest BCUT2D eigenvalue weighted by atomic mass is 35.5. The zero-order valence-corrected chi connectivity index (χ0v) is 22.2. The fourth-order valence-electron chi connectivity index (χ4n) is 7.07. The van der Waals surface area contributed by atoms with Crippen molar-refractivity contribution in [3.8, 4) is 17.1 Å². The number of nitrogens with zero attached hydrogens (tertiary/aromatic N) is 3. The number of para-hydroxylation sites is 1. The Hall–Kier alpha value is -3.63. The van der Waals surface area contributed by atoms with E-state index >= 15 is 0 Å². The molecule has 0 aliphatic heterocycles. The van der Waals surface area contributed by atoms with Crippen LogP contribution in [0, 0.1) is 11.8 Å². The van der Waals surface area contributed by atoms with E-state index in [1.807, 2.05) is 29.8 Å². The van der Waals surface area contributed by atoms with Gasteiger partial charge in [0.15, 0.2) is 0 Å². The van der Waals surface area contributed by atoms with E-state index in [1.54, 1.807) is 6.20 Å². The number of pyridine rings is 1. The number of imidazole rings is 1. The Morgan fingerprint density at radius 2 is 1.82 bits per heavy atom. The molecule has 5 aromatic rings. The van der Waals surface area contributed by atoms with E-state index in [2.05, 4.69) is 66.7 Å². The van der Waals surface area contributed by atoms with Crippen LogP contribution in [0.2, 0.25) is 5.15 Å². The maximum atomic E-state index is 6.47. The Morgan fingerprint density at radius 3 is 2.58 bits per heavy atom. The minimum absolute atomic E-state index is 0.0709. The average Bonchev–Trinajstić information content (AvgIpc) is 3.68. The van der Waals surface area contributed by atoms with Gasteiger partial charge in [0, 0.05) is 23.4 Å². The van der Waals surface area contributed by atoms with Crippen molar-refractivity contribution in [1.82, 2.24) is 14.5 Å². The Balaban J connectivity index is 1.33. The average molecular weight is 520 g/mol. The van der Waals surface area contributed by atoms with Gasteiger partial charge in [-0.05, 0) is 72.6 Å². The number of fused-ring (bicyclic) bond motifs is 3. The highest BCUT2D eigenvalue weighted by Gasteiger charge is 2.53. The van der Waals surface area contributed by atoms with Crippen LogP contribution in [0.5, 0.6) is 5.75 Å². The predicted octanol–water partition coefficient (Wildman–Crippen LogP) is 7.97. The number of hydrogen-bond acceptors (Lipinski definition) is 3. The van der Waals surface area contributed by atoms with Gasteiger partial charge in [-0.15, -0.1) is 0 Å². The summed E-state index contributed by atoms with van der Waals surface area (Å²) in [6, 6.07) is 29.9. The molecule has 4 nitrogen and oxygen atoms in total. The lowest BCUT2D eigenvalue weighted by Gasteiger charge is -2.40. The molecule has 0 saturated heterocycles. The molecule has 3 unspecified atom stereocenters. The first kappa shape index (κ1) is 23.5. The van der Waals surface area contributed by atoms with Gasteiger partial charge in [-0.2, -0.15) is 0 Å². The molecule has 2 heterocycles. The predicted molar refractivity (Wildman–Crippen MR) is 152 cm³/mol. The van der Waals surface area contributed by atoms with Crippen LogP contribution < -0.4 is 4.74 Å². The van der Waals surface area contributed by atoms with Crippen LogP contribution in [-0.4, -0.2) is 14.5 Å². The van der Waals surface area contributed by atoms with Gasteiger partial charge in [0.1, 0.15) is 23.3 Å². The molecule has 0 radical (unpaired) electrons. The molecule has 0 amide bonds. The van der Waals surface area contributed by atoms with Crippen molar-refractivity contribution in [2.45, 2.75) is 37.7 Å². The van der Waals surface area contributed by atoms with Gasteiger partial charge in [-0.25, -0.2) is 9.97 Å². The van der Waals surface area contributed by atoms with E-state index in [-0.39, 0.29) is 5.41 Å². The molecule has 190 valence electrons. The summed E-state index contributed by atoms with van der Waals surface area (Å²) in [6.07, 6.45) is 6.76. The normalized spacial score (nSPS) is 22.3. The van der Waals surface area contributed by atoms with E-state index in [0.29, 0.717) is 17.7 Å². The third-order valence-electron chi connectivity index (χ3n) is 8.82. The van der Waals surface area contributed by atoms with Gasteiger partial charge in [-0.3, -0.25) is 0 Å². The first-order valence-electron chi connectivity index (χ1n) is 13.5. The number of hydrogen-bond donors (Lipinski definition) is 0. The van der Waals surface area contributed by atoms with Crippen molar-refractivity contribution in [3.63, 3.8) is 0 Å². The molecule has 38 heavy (non-hydrogen) atoms. The second-order valence-electron chi connectivity index (χ2n) is 10.9. The molecule has 2 bridgehead atoms. The molecule has 2 aromatic heterocycles. The van der Waals surface area contributed by atoms with Crippen molar-refractivity contribution in [3.05, 3.63) is 113 Å². The number of halogens is 1. The number of rotatable bonds is 6. The molecule has 0 spiro atoms. The Kier molecular flexibility index (Phi) is 5.74. The fraction of sp³-hybridized carbons (Fsp3) is 0.273. The van der Waals surface area contributed by atoms with Gasteiger partial charge in [-0.1, -0.05) is 72.6 Å². The summed E-state index contributed by atoms with van der Waals surface area (Å²) in [5, 5.41) is 1.77. The standard InChI is InChI=1S/C33H30ClN3O/c1-37-31(34)20-35-32(37)28-16-15-27(38-21-26-14-12-23-7-5-6-10-30(23)36-26)18-29(28)33(24-8-3-2-4-9-24)19-22-11-13-25(33)17-22/h2-10,12,14-16,18,20,22,25H,11,13,17,19,21H2,1H3. The zero-order chi connectivity index (χ0) is 25.7. The monoisotopic (exact) mass is 519 g/mol. The lowest BCUT2D eigenvalue weighted by molar-refractivity contribution is 0.296. The Morgan fingerprint density at radius 1 is 0.974 bits per heavy atom. The summed E-state index contributed by atoms with van der Waals surface area (Å²) in [7, 11) is 1.99. The van der Waals surface area contributed by atoms with Crippen LogP contribution >= 0.6 is 11.6 Å². The lowest BCUT2D eigenvalue weighted by atomic mass is 9.63. The molecule has 3 aromatic carbocycles. The summed E-state index contributed by atoms with van der Waals surface area (Å²) in [6.45, 7) is 0.419. The third kappa shape index (κ3) is 3.82. The van der Waals surface area contributed by atoms with Crippen LogP contribution in [0.15, 0.2) is 91.1 Å². The summed E-state index contributed by atoms with van der Waals surface area (Å²) >= 11 is 6.47. The van der Waals surface area contributed by atoms with E-state index in [1.165, 1.54) is 30.4 Å². The van der Waals surface area contributed by atoms with Gasteiger partial charge in [0.25, 0.3) is 0 Å². The van der Waals surface area contributed by atoms with Crippen molar-refractivity contribution in [2.24, 2.45) is 18.9 Å². The van der Waals surface area contributed by atoms with E-state index in [9.17, 15) is 0 Å². The molecule has 0 N–H and O–H groups in total. The van der Waals surface area contributed by atoms with Crippen LogP contribution in [0.25, 0.3) is 22.3 Å². The molecule has 2 saturated carbocycles. The maximum Gasteiger partial charge on any atom is 0.141 e. The minimum atomic E-state index is -0.0709. The van der Waals surface area contributed by atoms with Gasteiger partial charge >= 0.3 is 0 Å². The van der Waals surface area contributed by atoms with Crippen LogP contribution in [0.4, 0.5) is 0 Å². The quantitative estimate of drug-likeness (QED) is 0.228. The molecule has 3 atom stereocenters. The van der Waals surface area contributed by atoms with Gasteiger partial charge in [0.05, 0.1) is 17.4 Å². The summed E-state index contributed by atoms with van der Waals surface area (Å²) < 4.78 is 8.39. The molecule has 5 heteroatoms. The summed E-state index contributed by atoms with van der Waals surface area (Å²) in [5.41, 5.74) is 5.65. The third-order valence-corrected chi connectivity index (χ3v) is 9.18. The van der Waals surface area contributed by atoms with E-state index in [4.69, 9.17) is 26.3 Å². The fourth-order valence-corrected chi connectivity index (χ4v) is 7.20. The lowest BCUT2D eigenvalue weighted by Crippen LogP contribution is -2.34. The number of benzene rings is 3. The van der Waals surface area contributed by atoms with Crippen molar-refractivity contribution in [2.75, 3.05) is 0 Å². The number of aromatic nitrogens is 3. The highest BCUT2D eigenvalue weighted by molar-refractivity contribution is 6.29. The highest BCUT2D eigenvalue weighted by Crippen LogP contribution is 2.61. The second-order valence-corrected chi connectivity index (χ2v) is 11.3. The zero-order valence-electron chi connectivity index (χ0n) is 21.5. The summed E-state index contributed by atoms with van der Waals surface area (Å²) in [5.74, 6) is 3.11. The van der Waals surface area contributed by atoms with Crippen LogP contribution in [0.3, 0.4) is 0 Å². The van der Waals surface area contributed by atoms with Crippen LogP contribution in [0.1, 0.15) is 42.5 Å². The molecule has 7 rings (SSSR count). The largest absolute Gasteiger partial charge is 0.487 e. The van der Waals surface area contributed by atoms with E-state index < -0.39 is 0 Å². The smallest absolute Gasteiger partial charge is 0.141 e. The van der Waals surface area contributed by atoms with Crippen LogP contribution in [-0.2, 0) is 19.1 Å². The van der Waals surface area contributed by atoms with E-state index in [0.717, 1.165) is 46.1 Å². The molecule has 2 aliphatic carbocycles. The molecule has 2 aliphatic rings. The molecular formula is C33H30ClN3O. The second kappa shape index (κ2) is 9.28. The topological polar surface area (TPSA) is 39.9 Å². The summed E-state index contributed by atoms with van der Waals surface area (Å²) in [4.78, 5) is 9.55. The van der Waals surface area contributed by atoms with Crippen molar-refractivity contribution >= 4 is 22.5 Å². The Labute approximate surface area is 228 Å². The minimum Gasteiger partial charge on any atom is -0.487 e. The Bertz CT molecular complexity index is 1630. The molecular weight excluding hydrogens is 490 g/mol. The first-order valence-corrected chi connectivity index (χ1v) is 13.8. The first-order chi connectivity index (χ1) is 18.6. The van der Waals surface area contributed by atoms with Gasteiger partial charge < -0.3 is 9.30 Å². The van der Waals surface area contributed by atoms with Gasteiger partial charge in [0.2, 0.25) is 0 Å². The number of ether oxygens (including phenoxy) is 1. The van der Waals surface area contributed by atoms with Crippen molar-refractivity contribution < 1.29 is 4.74 Å². The van der Waals surface area contributed by atoms with Crippen molar-refractivity contribution in [1.29, 1.82) is 0 Å². The molecule has 2 fully saturated rings. The maximum absolute atomic E-state index is 6.47. The SMILES string of the molecule is Cn1c(Cl)cnc1-c1ccc(OCc2ccc3ccccc3n2)cc1C1(c2ccccc2)CC2CCC1C2.